The molecular formula is C14H18N2O4S. The second-order valence-electron chi connectivity index (χ2n) is 4.49. The molecule has 7 heteroatoms. The van der Waals surface area contributed by atoms with E-state index in [1.165, 1.54) is 11.8 Å². The summed E-state index contributed by atoms with van der Waals surface area (Å²) in [5.74, 6) is 0.183. The molecule has 0 spiro atoms. The van der Waals surface area contributed by atoms with Crippen molar-refractivity contribution < 1.29 is 19.4 Å². The van der Waals surface area contributed by atoms with Crippen LogP contribution in [0.15, 0.2) is 23.1 Å². The van der Waals surface area contributed by atoms with Crippen molar-refractivity contribution in [1.29, 1.82) is 0 Å². The molecule has 0 saturated heterocycles. The molecule has 21 heavy (non-hydrogen) atoms. The van der Waals surface area contributed by atoms with Gasteiger partial charge < -0.3 is 20.5 Å². The monoisotopic (exact) mass is 310 g/mol. The number of benzene rings is 1. The van der Waals surface area contributed by atoms with Crippen molar-refractivity contribution in [3.05, 3.63) is 23.8 Å². The lowest BCUT2D eigenvalue weighted by molar-refractivity contribution is -0.113. The van der Waals surface area contributed by atoms with Crippen molar-refractivity contribution >= 4 is 29.3 Å². The van der Waals surface area contributed by atoms with Crippen LogP contribution in [0.1, 0.15) is 16.8 Å². The van der Waals surface area contributed by atoms with Gasteiger partial charge in [0.05, 0.1) is 24.7 Å². The number of amides is 2. The zero-order valence-corrected chi connectivity index (χ0v) is 12.4. The van der Waals surface area contributed by atoms with Gasteiger partial charge in [-0.05, 0) is 24.6 Å². The smallest absolute Gasteiger partial charge is 0.251 e. The van der Waals surface area contributed by atoms with Gasteiger partial charge in [0.25, 0.3) is 5.91 Å². The molecule has 6 nitrogen and oxygen atoms in total. The number of carbonyl (C=O) groups excluding carboxylic acids is 2. The highest BCUT2D eigenvalue weighted by atomic mass is 32.2. The molecule has 0 bridgehead atoms. The van der Waals surface area contributed by atoms with E-state index in [-0.39, 0.29) is 18.4 Å². The number of anilines is 1. The number of rotatable bonds is 7. The Hall–Kier alpha value is -1.57. The fourth-order valence-corrected chi connectivity index (χ4v) is 2.66. The minimum atomic E-state index is -0.176. The Labute approximate surface area is 127 Å². The van der Waals surface area contributed by atoms with Crippen molar-refractivity contribution in [3.63, 3.8) is 0 Å². The zero-order chi connectivity index (χ0) is 15.1. The molecule has 2 rings (SSSR count). The normalized spacial score (nSPS) is 13.5. The van der Waals surface area contributed by atoms with Gasteiger partial charge in [0.15, 0.2) is 0 Å². The van der Waals surface area contributed by atoms with Gasteiger partial charge in [0.1, 0.15) is 0 Å². The van der Waals surface area contributed by atoms with E-state index in [4.69, 9.17) is 9.84 Å². The number of hydrogen-bond acceptors (Lipinski definition) is 5. The Bertz CT molecular complexity index is 522. The van der Waals surface area contributed by atoms with Gasteiger partial charge in [-0.3, -0.25) is 9.59 Å². The Kier molecular flexibility index (Phi) is 6.04. The van der Waals surface area contributed by atoms with Gasteiger partial charge in [0, 0.05) is 23.6 Å². The van der Waals surface area contributed by atoms with E-state index in [0.717, 1.165) is 4.90 Å². The molecule has 1 aromatic rings. The van der Waals surface area contributed by atoms with Crippen molar-refractivity contribution in [2.45, 2.75) is 11.3 Å². The van der Waals surface area contributed by atoms with Crippen LogP contribution < -0.4 is 10.6 Å². The van der Waals surface area contributed by atoms with Gasteiger partial charge in [-0.2, -0.15) is 0 Å². The molecule has 0 fully saturated rings. The fraction of sp³-hybridized carbons (Fsp3) is 0.429. The molecule has 114 valence electrons. The van der Waals surface area contributed by atoms with E-state index >= 15 is 0 Å². The summed E-state index contributed by atoms with van der Waals surface area (Å²) in [6.45, 7) is 1.32. The van der Waals surface area contributed by atoms with Crippen LogP contribution in [-0.2, 0) is 9.53 Å². The first-order valence-electron chi connectivity index (χ1n) is 6.74. The van der Waals surface area contributed by atoms with Gasteiger partial charge >= 0.3 is 0 Å². The topological polar surface area (TPSA) is 87.7 Å². The lowest BCUT2D eigenvalue weighted by atomic mass is 10.2. The van der Waals surface area contributed by atoms with Crippen LogP contribution in [0, 0.1) is 0 Å². The number of fused-ring (bicyclic) bond motifs is 1. The standard InChI is InChI=1S/C14H18N2O4S/c17-5-7-20-6-1-4-15-14(19)10-2-3-12-11(8-10)16-13(18)9-21-12/h2-3,8,17H,1,4-7,9H2,(H,15,19)(H,16,18). The number of aliphatic hydroxyl groups is 1. The Balaban J connectivity index is 1.82. The van der Waals surface area contributed by atoms with E-state index < -0.39 is 0 Å². The summed E-state index contributed by atoms with van der Waals surface area (Å²) < 4.78 is 5.10. The minimum Gasteiger partial charge on any atom is -0.394 e. The van der Waals surface area contributed by atoms with Gasteiger partial charge in [-0.15, -0.1) is 11.8 Å². The van der Waals surface area contributed by atoms with Crippen LogP contribution in [0.5, 0.6) is 0 Å². The quantitative estimate of drug-likeness (QED) is 0.650. The molecule has 0 aromatic heterocycles. The molecule has 1 aliphatic heterocycles. The number of carbonyl (C=O) groups is 2. The summed E-state index contributed by atoms with van der Waals surface area (Å²) >= 11 is 1.47. The van der Waals surface area contributed by atoms with Gasteiger partial charge in [-0.25, -0.2) is 0 Å². The highest BCUT2D eigenvalue weighted by molar-refractivity contribution is 8.00. The first-order valence-corrected chi connectivity index (χ1v) is 7.73. The molecule has 1 aliphatic rings. The van der Waals surface area contributed by atoms with Crippen molar-refractivity contribution in [2.24, 2.45) is 0 Å². The molecule has 0 aliphatic carbocycles. The maximum atomic E-state index is 12.0. The van der Waals surface area contributed by atoms with E-state index in [2.05, 4.69) is 10.6 Å². The molecular weight excluding hydrogens is 292 g/mol. The van der Waals surface area contributed by atoms with Crippen LogP contribution in [-0.4, -0.2) is 49.0 Å². The third kappa shape index (κ3) is 4.73. The average Bonchev–Trinajstić information content (AvgIpc) is 2.49. The number of nitrogens with one attached hydrogen (secondary N) is 2. The zero-order valence-electron chi connectivity index (χ0n) is 11.6. The summed E-state index contributed by atoms with van der Waals surface area (Å²) in [5.41, 5.74) is 1.21. The third-order valence-corrected chi connectivity index (χ3v) is 3.93. The molecule has 0 atom stereocenters. The summed E-state index contributed by atoms with van der Waals surface area (Å²) in [4.78, 5) is 24.3. The van der Waals surface area contributed by atoms with Crippen LogP contribution in [0.4, 0.5) is 5.69 Å². The predicted molar refractivity (Wildman–Crippen MR) is 80.7 cm³/mol. The Morgan fingerprint density at radius 1 is 1.43 bits per heavy atom. The van der Waals surface area contributed by atoms with Gasteiger partial charge in [-0.1, -0.05) is 0 Å². The third-order valence-electron chi connectivity index (χ3n) is 2.86. The minimum absolute atomic E-state index is 0.00518. The molecule has 1 heterocycles. The van der Waals surface area contributed by atoms with E-state index in [1.54, 1.807) is 12.1 Å². The Morgan fingerprint density at radius 3 is 3.10 bits per heavy atom. The number of hydrogen-bond donors (Lipinski definition) is 3. The number of aliphatic hydroxyl groups excluding tert-OH is 1. The molecule has 0 saturated carbocycles. The van der Waals surface area contributed by atoms with E-state index in [9.17, 15) is 9.59 Å². The van der Waals surface area contributed by atoms with Crippen LogP contribution >= 0.6 is 11.8 Å². The molecule has 0 radical (unpaired) electrons. The lowest BCUT2D eigenvalue weighted by Gasteiger charge is -2.16. The molecule has 2 amide bonds. The van der Waals surface area contributed by atoms with E-state index in [1.807, 2.05) is 6.07 Å². The average molecular weight is 310 g/mol. The number of thioether (sulfide) groups is 1. The van der Waals surface area contributed by atoms with Crippen LogP contribution in [0.3, 0.4) is 0 Å². The first-order chi connectivity index (χ1) is 10.2. The highest BCUT2D eigenvalue weighted by Gasteiger charge is 2.17. The predicted octanol–water partition coefficient (Wildman–Crippen LogP) is 0.860. The highest BCUT2D eigenvalue weighted by Crippen LogP contribution is 2.31. The fourth-order valence-electron chi connectivity index (χ4n) is 1.87. The van der Waals surface area contributed by atoms with Crippen molar-refractivity contribution in [2.75, 3.05) is 37.4 Å². The number of ether oxygens (including phenoxy) is 1. The maximum absolute atomic E-state index is 12.0. The van der Waals surface area contributed by atoms with Crippen molar-refractivity contribution in [3.8, 4) is 0 Å². The second-order valence-corrected chi connectivity index (χ2v) is 5.51. The van der Waals surface area contributed by atoms with Crippen LogP contribution in [0.25, 0.3) is 0 Å². The molecule has 3 N–H and O–H groups in total. The van der Waals surface area contributed by atoms with Gasteiger partial charge in [0.2, 0.25) is 5.91 Å². The summed E-state index contributed by atoms with van der Waals surface area (Å²) in [5, 5.41) is 14.1. The largest absolute Gasteiger partial charge is 0.394 e. The summed E-state index contributed by atoms with van der Waals surface area (Å²) in [6, 6.07) is 5.29. The second kappa shape index (κ2) is 8.02. The van der Waals surface area contributed by atoms with Crippen LogP contribution in [0.2, 0.25) is 0 Å². The molecule has 0 unspecified atom stereocenters. The summed E-state index contributed by atoms with van der Waals surface area (Å²) in [7, 11) is 0. The Morgan fingerprint density at radius 2 is 2.29 bits per heavy atom. The molecule has 1 aromatic carbocycles. The first kappa shape index (κ1) is 15.8. The summed E-state index contributed by atoms with van der Waals surface area (Å²) in [6.07, 6.45) is 0.684. The lowest BCUT2D eigenvalue weighted by Crippen LogP contribution is -2.26. The van der Waals surface area contributed by atoms with Crippen molar-refractivity contribution in [1.82, 2.24) is 5.32 Å². The SMILES string of the molecule is O=C1CSc2ccc(C(=O)NCCCOCCO)cc2N1. The van der Waals surface area contributed by atoms with E-state index in [0.29, 0.717) is 43.2 Å². The maximum Gasteiger partial charge on any atom is 0.251 e.